The molecular weight excluding hydrogens is 340 g/mol. The summed E-state index contributed by atoms with van der Waals surface area (Å²) < 4.78 is 32.2. The SMILES string of the molecule is CCC[C@@H](C)NC(=O)[C@H]1CCCN(S(=O)(=O)c2ccc(OC)cc2)C1. The molecule has 0 spiro atoms. The van der Waals surface area contributed by atoms with E-state index in [1.165, 1.54) is 11.4 Å². The molecule has 1 aromatic carbocycles. The van der Waals surface area contributed by atoms with Crippen molar-refractivity contribution in [3.63, 3.8) is 0 Å². The van der Waals surface area contributed by atoms with Crippen LogP contribution in [0.5, 0.6) is 5.75 Å². The molecule has 0 unspecified atom stereocenters. The monoisotopic (exact) mass is 368 g/mol. The minimum Gasteiger partial charge on any atom is -0.497 e. The molecule has 1 aliphatic heterocycles. The van der Waals surface area contributed by atoms with Gasteiger partial charge in [0.2, 0.25) is 15.9 Å². The number of sulfonamides is 1. The number of ether oxygens (including phenoxy) is 1. The summed E-state index contributed by atoms with van der Waals surface area (Å²) in [5.74, 6) is 0.274. The Balaban J connectivity index is 2.07. The van der Waals surface area contributed by atoms with Gasteiger partial charge in [-0.05, 0) is 50.5 Å². The summed E-state index contributed by atoms with van der Waals surface area (Å²) in [4.78, 5) is 12.7. The molecule has 1 aromatic rings. The van der Waals surface area contributed by atoms with E-state index in [1.54, 1.807) is 24.3 Å². The van der Waals surface area contributed by atoms with Gasteiger partial charge in [-0.2, -0.15) is 4.31 Å². The lowest BCUT2D eigenvalue weighted by atomic mass is 9.98. The van der Waals surface area contributed by atoms with Crippen LogP contribution in [0.2, 0.25) is 0 Å². The van der Waals surface area contributed by atoms with E-state index >= 15 is 0 Å². The van der Waals surface area contributed by atoms with Crippen LogP contribution >= 0.6 is 0 Å². The molecule has 1 saturated heterocycles. The second kappa shape index (κ2) is 8.67. The molecule has 0 aliphatic carbocycles. The summed E-state index contributed by atoms with van der Waals surface area (Å²) in [6.07, 6.45) is 3.34. The smallest absolute Gasteiger partial charge is 0.243 e. The standard InChI is InChI=1S/C18H28N2O4S/c1-4-6-14(2)19-18(21)15-7-5-12-20(13-15)25(22,23)17-10-8-16(24-3)9-11-17/h8-11,14-15H,4-7,12-13H2,1-3H3,(H,19,21)/t14-,15+/m1/s1. The predicted octanol–water partition coefficient (Wildman–Crippen LogP) is 2.40. The largest absolute Gasteiger partial charge is 0.497 e. The Morgan fingerprint density at radius 3 is 2.64 bits per heavy atom. The van der Waals surface area contributed by atoms with Gasteiger partial charge in [-0.3, -0.25) is 4.79 Å². The fourth-order valence-corrected chi connectivity index (χ4v) is 4.66. The van der Waals surface area contributed by atoms with Crippen molar-refractivity contribution in [2.75, 3.05) is 20.2 Å². The first kappa shape index (κ1) is 19.7. The van der Waals surface area contributed by atoms with Crippen molar-refractivity contribution in [2.45, 2.75) is 50.5 Å². The van der Waals surface area contributed by atoms with Crippen molar-refractivity contribution < 1.29 is 17.9 Å². The molecule has 1 amide bonds. The molecule has 2 atom stereocenters. The number of nitrogens with one attached hydrogen (secondary N) is 1. The van der Waals surface area contributed by atoms with E-state index in [2.05, 4.69) is 12.2 Å². The van der Waals surface area contributed by atoms with Crippen molar-refractivity contribution in [1.82, 2.24) is 9.62 Å². The Bertz CT molecular complexity index is 673. The molecule has 6 nitrogen and oxygen atoms in total. The molecule has 7 heteroatoms. The van der Waals surface area contributed by atoms with Crippen molar-refractivity contribution >= 4 is 15.9 Å². The number of hydrogen-bond donors (Lipinski definition) is 1. The molecule has 1 fully saturated rings. The Hall–Kier alpha value is -1.60. The average Bonchev–Trinajstić information content (AvgIpc) is 2.62. The molecule has 0 bridgehead atoms. The van der Waals surface area contributed by atoms with Crippen molar-refractivity contribution in [1.29, 1.82) is 0 Å². The Kier molecular flexibility index (Phi) is 6.84. The van der Waals surface area contributed by atoms with Crippen LogP contribution < -0.4 is 10.1 Å². The third-order valence-electron chi connectivity index (χ3n) is 4.56. The van der Waals surface area contributed by atoms with Crippen LogP contribution in [0.3, 0.4) is 0 Å². The number of carbonyl (C=O) groups excluding carboxylic acids is 1. The summed E-state index contributed by atoms with van der Waals surface area (Å²) in [6, 6.07) is 6.47. The van der Waals surface area contributed by atoms with Crippen molar-refractivity contribution in [3.05, 3.63) is 24.3 Å². The minimum atomic E-state index is -3.59. The van der Waals surface area contributed by atoms with Gasteiger partial charge in [0.05, 0.1) is 17.9 Å². The zero-order valence-corrected chi connectivity index (χ0v) is 16.0. The van der Waals surface area contributed by atoms with Gasteiger partial charge in [0.1, 0.15) is 5.75 Å². The first-order chi connectivity index (χ1) is 11.9. The van der Waals surface area contributed by atoms with Crippen LogP contribution in [-0.2, 0) is 14.8 Å². The minimum absolute atomic E-state index is 0.0458. The summed E-state index contributed by atoms with van der Waals surface area (Å²) in [5.41, 5.74) is 0. The highest BCUT2D eigenvalue weighted by Gasteiger charge is 2.33. The van der Waals surface area contributed by atoms with E-state index in [1.807, 2.05) is 6.92 Å². The topological polar surface area (TPSA) is 75.7 Å². The van der Waals surface area contributed by atoms with Gasteiger partial charge < -0.3 is 10.1 Å². The van der Waals surface area contributed by atoms with Crippen LogP contribution in [0.25, 0.3) is 0 Å². The third-order valence-corrected chi connectivity index (χ3v) is 6.44. The zero-order valence-electron chi connectivity index (χ0n) is 15.2. The molecule has 1 aliphatic rings. The lowest BCUT2D eigenvalue weighted by Gasteiger charge is -2.31. The van der Waals surface area contributed by atoms with Gasteiger partial charge in [0.15, 0.2) is 0 Å². The Morgan fingerprint density at radius 1 is 1.36 bits per heavy atom. The zero-order chi connectivity index (χ0) is 18.4. The highest BCUT2D eigenvalue weighted by Crippen LogP contribution is 2.25. The molecule has 0 aromatic heterocycles. The normalized spacial score (nSPS) is 20.0. The van der Waals surface area contributed by atoms with Gasteiger partial charge in [-0.25, -0.2) is 8.42 Å². The number of nitrogens with zero attached hydrogens (tertiary/aromatic N) is 1. The molecule has 25 heavy (non-hydrogen) atoms. The van der Waals surface area contributed by atoms with Crippen LogP contribution in [0.4, 0.5) is 0 Å². The number of hydrogen-bond acceptors (Lipinski definition) is 4. The maximum Gasteiger partial charge on any atom is 0.243 e. The van der Waals surface area contributed by atoms with Gasteiger partial charge in [-0.1, -0.05) is 13.3 Å². The van der Waals surface area contributed by atoms with Gasteiger partial charge in [0.25, 0.3) is 0 Å². The quantitative estimate of drug-likeness (QED) is 0.802. The molecule has 2 rings (SSSR count). The summed E-state index contributed by atoms with van der Waals surface area (Å²) in [6.45, 7) is 4.74. The first-order valence-corrected chi connectivity index (χ1v) is 10.3. The van der Waals surface area contributed by atoms with Gasteiger partial charge in [-0.15, -0.1) is 0 Å². The second-order valence-corrected chi connectivity index (χ2v) is 8.51. The molecule has 0 saturated carbocycles. The van der Waals surface area contributed by atoms with Crippen LogP contribution in [0.1, 0.15) is 39.5 Å². The maximum absolute atomic E-state index is 12.8. The fraction of sp³-hybridized carbons (Fsp3) is 0.611. The molecule has 140 valence electrons. The number of benzene rings is 1. The Morgan fingerprint density at radius 2 is 2.04 bits per heavy atom. The lowest BCUT2D eigenvalue weighted by molar-refractivity contribution is -0.126. The lowest BCUT2D eigenvalue weighted by Crippen LogP contribution is -2.47. The van der Waals surface area contributed by atoms with Crippen LogP contribution in [0.15, 0.2) is 29.2 Å². The van der Waals surface area contributed by atoms with Crippen LogP contribution in [0, 0.1) is 5.92 Å². The number of piperidine rings is 1. The Labute approximate surface area is 150 Å². The number of methoxy groups -OCH3 is 1. The van der Waals surface area contributed by atoms with E-state index in [0.29, 0.717) is 18.7 Å². The summed E-state index contributed by atoms with van der Waals surface area (Å²) >= 11 is 0. The number of amides is 1. The van der Waals surface area contributed by atoms with Crippen LogP contribution in [-0.4, -0.2) is 44.9 Å². The predicted molar refractivity (Wildman–Crippen MR) is 97.0 cm³/mol. The van der Waals surface area contributed by atoms with E-state index < -0.39 is 10.0 Å². The molecule has 0 radical (unpaired) electrons. The third kappa shape index (κ3) is 4.95. The van der Waals surface area contributed by atoms with Gasteiger partial charge >= 0.3 is 0 Å². The van der Waals surface area contributed by atoms with Gasteiger partial charge in [0, 0.05) is 19.1 Å². The summed E-state index contributed by atoms with van der Waals surface area (Å²) in [7, 11) is -2.06. The van der Waals surface area contributed by atoms with E-state index in [4.69, 9.17) is 4.74 Å². The number of carbonyl (C=O) groups is 1. The van der Waals surface area contributed by atoms with Crippen molar-refractivity contribution in [3.8, 4) is 5.75 Å². The van der Waals surface area contributed by atoms with E-state index in [9.17, 15) is 13.2 Å². The first-order valence-electron chi connectivity index (χ1n) is 8.83. The molecular formula is C18H28N2O4S. The highest BCUT2D eigenvalue weighted by molar-refractivity contribution is 7.89. The van der Waals surface area contributed by atoms with Crippen molar-refractivity contribution in [2.24, 2.45) is 5.92 Å². The fourth-order valence-electron chi connectivity index (χ4n) is 3.14. The maximum atomic E-state index is 12.8. The highest BCUT2D eigenvalue weighted by atomic mass is 32.2. The molecule has 1 heterocycles. The van der Waals surface area contributed by atoms with E-state index in [-0.39, 0.29) is 29.3 Å². The second-order valence-electron chi connectivity index (χ2n) is 6.58. The number of rotatable bonds is 7. The summed E-state index contributed by atoms with van der Waals surface area (Å²) in [5, 5.41) is 3.00. The van der Waals surface area contributed by atoms with E-state index in [0.717, 1.165) is 19.3 Å². The average molecular weight is 368 g/mol. The molecule has 1 N–H and O–H groups in total.